The zero-order chi connectivity index (χ0) is 23.0. The molecule has 0 radical (unpaired) electrons. The van der Waals surface area contributed by atoms with Crippen molar-refractivity contribution in [3.63, 3.8) is 0 Å². The lowest BCUT2D eigenvalue weighted by Gasteiger charge is -2.11. The first-order valence-corrected chi connectivity index (χ1v) is 11.4. The summed E-state index contributed by atoms with van der Waals surface area (Å²) in [5, 5.41) is 13.9. The van der Waals surface area contributed by atoms with Gasteiger partial charge in [-0.05, 0) is 42.0 Å². The number of ether oxygens (including phenoxy) is 1. The smallest absolute Gasteiger partial charge is 0.250 e. The van der Waals surface area contributed by atoms with Crippen molar-refractivity contribution in [2.75, 3.05) is 12.9 Å². The molecule has 9 heteroatoms. The van der Waals surface area contributed by atoms with Crippen molar-refractivity contribution in [2.45, 2.75) is 5.16 Å². The molecule has 0 saturated carbocycles. The first-order valence-electron chi connectivity index (χ1n) is 9.99. The maximum absolute atomic E-state index is 12.3. The molecule has 33 heavy (non-hydrogen) atoms. The number of methoxy groups -OCH3 is 1. The highest BCUT2D eigenvalue weighted by molar-refractivity contribution is 7.99. The number of halogens is 1. The minimum atomic E-state index is -0.260. The van der Waals surface area contributed by atoms with Crippen molar-refractivity contribution in [2.24, 2.45) is 5.10 Å². The number of amides is 1. The molecule has 4 aromatic rings. The lowest BCUT2D eigenvalue weighted by Crippen LogP contribution is -2.20. The lowest BCUT2D eigenvalue weighted by molar-refractivity contribution is -0.118. The van der Waals surface area contributed by atoms with E-state index < -0.39 is 0 Å². The summed E-state index contributed by atoms with van der Waals surface area (Å²) in [5.74, 6) is 1.29. The van der Waals surface area contributed by atoms with E-state index >= 15 is 0 Å². The topological polar surface area (TPSA) is 81.4 Å². The van der Waals surface area contributed by atoms with Gasteiger partial charge in [0.1, 0.15) is 5.75 Å². The Balaban J connectivity index is 1.51. The van der Waals surface area contributed by atoms with Gasteiger partial charge in [0.15, 0.2) is 11.0 Å². The second-order valence-corrected chi connectivity index (χ2v) is 8.22. The fraction of sp³-hybridized carbons (Fsp3) is 0.0833. The van der Waals surface area contributed by atoms with Crippen LogP contribution in [0.5, 0.6) is 5.75 Å². The highest BCUT2D eigenvalue weighted by Crippen LogP contribution is 2.28. The van der Waals surface area contributed by atoms with E-state index in [1.54, 1.807) is 25.5 Å². The van der Waals surface area contributed by atoms with E-state index in [1.165, 1.54) is 11.8 Å². The minimum Gasteiger partial charge on any atom is -0.497 e. The molecule has 1 N–H and O–H groups in total. The summed E-state index contributed by atoms with van der Waals surface area (Å²) in [4.78, 5) is 12.3. The van der Waals surface area contributed by atoms with E-state index in [0.717, 1.165) is 22.6 Å². The van der Waals surface area contributed by atoms with Crippen molar-refractivity contribution < 1.29 is 9.53 Å². The van der Waals surface area contributed by atoms with Crippen LogP contribution in [0.1, 0.15) is 5.56 Å². The van der Waals surface area contributed by atoms with E-state index in [0.29, 0.717) is 16.0 Å². The number of rotatable bonds is 8. The first kappa shape index (κ1) is 22.6. The zero-order valence-electron chi connectivity index (χ0n) is 17.7. The fourth-order valence-corrected chi connectivity index (χ4v) is 3.97. The van der Waals surface area contributed by atoms with E-state index in [4.69, 9.17) is 16.3 Å². The van der Waals surface area contributed by atoms with E-state index in [9.17, 15) is 4.79 Å². The predicted molar refractivity (Wildman–Crippen MR) is 131 cm³/mol. The van der Waals surface area contributed by atoms with Gasteiger partial charge < -0.3 is 4.74 Å². The monoisotopic (exact) mass is 477 g/mol. The van der Waals surface area contributed by atoms with Gasteiger partial charge in [-0.25, -0.2) is 5.43 Å². The van der Waals surface area contributed by atoms with E-state index in [-0.39, 0.29) is 11.7 Å². The molecule has 0 spiro atoms. The van der Waals surface area contributed by atoms with Gasteiger partial charge in [0.25, 0.3) is 5.91 Å². The number of hydrazone groups is 1. The molecule has 0 aliphatic rings. The third-order valence-corrected chi connectivity index (χ3v) is 5.74. The van der Waals surface area contributed by atoms with Crippen molar-refractivity contribution >= 4 is 35.5 Å². The number of nitrogens with zero attached hydrogens (tertiary/aromatic N) is 4. The summed E-state index contributed by atoms with van der Waals surface area (Å²) in [6.07, 6.45) is 1.54. The Morgan fingerprint density at radius 2 is 1.88 bits per heavy atom. The van der Waals surface area contributed by atoms with Crippen LogP contribution in [0.25, 0.3) is 17.1 Å². The number of carbonyl (C=O) groups is 1. The van der Waals surface area contributed by atoms with Gasteiger partial charge in [0.05, 0.1) is 19.1 Å². The van der Waals surface area contributed by atoms with Crippen LogP contribution >= 0.6 is 23.4 Å². The molecule has 0 bridgehead atoms. The first-order chi connectivity index (χ1) is 16.1. The summed E-state index contributed by atoms with van der Waals surface area (Å²) < 4.78 is 7.19. The van der Waals surface area contributed by atoms with Gasteiger partial charge >= 0.3 is 0 Å². The average molecular weight is 478 g/mol. The molecular formula is C24H20ClN5O2S. The number of carbonyl (C=O) groups excluding carboxylic acids is 1. The Morgan fingerprint density at radius 1 is 1.09 bits per heavy atom. The second kappa shape index (κ2) is 10.8. The van der Waals surface area contributed by atoms with Crippen LogP contribution in [0.15, 0.2) is 89.1 Å². The third kappa shape index (κ3) is 5.79. The van der Waals surface area contributed by atoms with Crippen LogP contribution in [-0.2, 0) is 4.79 Å². The molecule has 0 aliphatic heterocycles. The molecule has 3 aromatic carbocycles. The standard InChI is InChI=1S/C24H20ClN5O2S/c1-32-21-12-10-20(11-13-21)30-23(18-7-3-2-4-8-18)28-29-24(30)33-16-22(31)27-26-15-17-6-5-9-19(25)14-17/h2-15H,16H2,1H3,(H,27,31). The summed E-state index contributed by atoms with van der Waals surface area (Å²) in [5.41, 5.74) is 5.10. The highest BCUT2D eigenvalue weighted by Gasteiger charge is 2.17. The second-order valence-electron chi connectivity index (χ2n) is 6.84. The minimum absolute atomic E-state index is 0.121. The molecule has 0 fully saturated rings. The number of nitrogens with one attached hydrogen (secondary N) is 1. The highest BCUT2D eigenvalue weighted by atomic mass is 35.5. The van der Waals surface area contributed by atoms with Crippen molar-refractivity contribution in [3.05, 3.63) is 89.4 Å². The van der Waals surface area contributed by atoms with E-state index in [2.05, 4.69) is 20.7 Å². The van der Waals surface area contributed by atoms with Crippen molar-refractivity contribution in [1.82, 2.24) is 20.2 Å². The molecule has 0 unspecified atom stereocenters. The quantitative estimate of drug-likeness (QED) is 0.223. The molecule has 1 heterocycles. The number of hydrogen-bond acceptors (Lipinski definition) is 6. The largest absolute Gasteiger partial charge is 0.497 e. The molecular weight excluding hydrogens is 458 g/mol. The van der Waals surface area contributed by atoms with Crippen LogP contribution < -0.4 is 10.2 Å². The molecule has 0 saturated heterocycles. The van der Waals surface area contributed by atoms with E-state index in [1.807, 2.05) is 71.3 Å². The predicted octanol–water partition coefficient (Wildman–Crippen LogP) is 4.84. The Bertz CT molecular complexity index is 1260. The Kier molecular flexibility index (Phi) is 7.39. The molecule has 1 aromatic heterocycles. The summed E-state index contributed by atoms with van der Waals surface area (Å²) in [6.45, 7) is 0. The fourth-order valence-electron chi connectivity index (χ4n) is 3.03. The Morgan fingerprint density at radius 3 is 2.61 bits per heavy atom. The molecule has 1 amide bonds. The molecule has 7 nitrogen and oxygen atoms in total. The van der Waals surface area contributed by atoms with Crippen LogP contribution in [0, 0.1) is 0 Å². The maximum Gasteiger partial charge on any atom is 0.250 e. The van der Waals surface area contributed by atoms with Gasteiger partial charge in [-0.15, -0.1) is 10.2 Å². The lowest BCUT2D eigenvalue weighted by atomic mass is 10.2. The summed E-state index contributed by atoms with van der Waals surface area (Å²) in [7, 11) is 1.62. The molecule has 166 valence electrons. The third-order valence-electron chi connectivity index (χ3n) is 4.58. The molecule has 4 rings (SSSR count). The van der Waals surface area contributed by atoms with Crippen LogP contribution in [0.4, 0.5) is 0 Å². The summed E-state index contributed by atoms with van der Waals surface area (Å²) in [6, 6.07) is 24.6. The van der Waals surface area contributed by atoms with Gasteiger partial charge in [-0.1, -0.05) is 65.8 Å². The van der Waals surface area contributed by atoms with Crippen molar-refractivity contribution in [1.29, 1.82) is 0 Å². The maximum atomic E-state index is 12.3. The molecule has 0 atom stereocenters. The van der Waals surface area contributed by atoms with Gasteiger partial charge in [0, 0.05) is 16.3 Å². The number of thioether (sulfide) groups is 1. The normalized spacial score (nSPS) is 11.0. The van der Waals surface area contributed by atoms with Crippen LogP contribution in [-0.4, -0.2) is 39.7 Å². The Labute approximate surface area is 200 Å². The van der Waals surface area contributed by atoms with Gasteiger partial charge in [0.2, 0.25) is 0 Å². The molecule has 0 aliphatic carbocycles. The Hall–Kier alpha value is -3.62. The van der Waals surface area contributed by atoms with Gasteiger partial charge in [-0.3, -0.25) is 9.36 Å². The van der Waals surface area contributed by atoms with Crippen molar-refractivity contribution in [3.8, 4) is 22.8 Å². The zero-order valence-corrected chi connectivity index (χ0v) is 19.3. The van der Waals surface area contributed by atoms with Crippen LogP contribution in [0.2, 0.25) is 5.02 Å². The average Bonchev–Trinajstić information content (AvgIpc) is 3.27. The van der Waals surface area contributed by atoms with Gasteiger partial charge in [-0.2, -0.15) is 5.10 Å². The number of hydrogen-bond donors (Lipinski definition) is 1. The summed E-state index contributed by atoms with van der Waals surface area (Å²) >= 11 is 7.23. The number of benzene rings is 3. The SMILES string of the molecule is COc1ccc(-n2c(SCC(=O)NN=Cc3cccc(Cl)c3)nnc2-c2ccccc2)cc1. The van der Waals surface area contributed by atoms with Crippen LogP contribution in [0.3, 0.4) is 0 Å². The number of aromatic nitrogens is 3.